The number of aromatic nitrogens is 3. The molecule has 0 N–H and O–H groups in total. The monoisotopic (exact) mass is 514 g/mol. The van der Waals surface area contributed by atoms with E-state index in [2.05, 4.69) is 20.9 Å². The van der Waals surface area contributed by atoms with Crippen LogP contribution in [0.25, 0.3) is 10.2 Å². The van der Waals surface area contributed by atoms with Gasteiger partial charge in [0.05, 0.1) is 21.6 Å². The van der Waals surface area contributed by atoms with Crippen LogP contribution in [0.1, 0.15) is 22.5 Å². The summed E-state index contributed by atoms with van der Waals surface area (Å²) in [4.78, 5) is 23.5. The van der Waals surface area contributed by atoms with Gasteiger partial charge in [-0.3, -0.25) is 9.69 Å². The van der Waals surface area contributed by atoms with Crippen LogP contribution in [-0.4, -0.2) is 27.0 Å². The van der Waals surface area contributed by atoms with Gasteiger partial charge in [-0.25, -0.2) is 9.97 Å². The van der Waals surface area contributed by atoms with Gasteiger partial charge in [0, 0.05) is 25.5 Å². The number of hydrogen-bond donors (Lipinski definition) is 0. The number of anilines is 1. The Morgan fingerprint density at radius 3 is 2.83 bits per heavy atom. The molecular formula is C19H17BrCl2N4O2S. The second kappa shape index (κ2) is 9.30. The first-order valence-electron chi connectivity index (χ1n) is 8.61. The molecular weight excluding hydrogens is 499 g/mol. The highest BCUT2D eigenvalue weighted by Gasteiger charge is 2.24. The lowest BCUT2D eigenvalue weighted by Gasteiger charge is -2.18. The van der Waals surface area contributed by atoms with Crippen LogP contribution in [0.15, 0.2) is 52.1 Å². The Labute approximate surface area is 191 Å². The summed E-state index contributed by atoms with van der Waals surface area (Å²) >= 11 is 11.0. The van der Waals surface area contributed by atoms with E-state index in [4.69, 9.17) is 21.0 Å². The second-order valence-electron chi connectivity index (χ2n) is 6.25. The molecule has 10 heteroatoms. The Hall–Kier alpha value is -1.87. The summed E-state index contributed by atoms with van der Waals surface area (Å²) in [5.74, 6) is 0.0285. The molecule has 1 amide bonds. The van der Waals surface area contributed by atoms with Gasteiger partial charge in [0.15, 0.2) is 15.6 Å². The second-order valence-corrected chi connectivity index (χ2v) is 8.42. The molecule has 0 aliphatic carbocycles. The molecule has 3 heterocycles. The zero-order valence-corrected chi connectivity index (χ0v) is 19.3. The lowest BCUT2D eigenvalue weighted by Crippen LogP contribution is -2.32. The molecule has 152 valence electrons. The summed E-state index contributed by atoms with van der Waals surface area (Å²) < 4.78 is 8.85. The molecule has 0 fully saturated rings. The number of aryl methyl sites for hydroxylation is 2. The molecule has 1 aromatic carbocycles. The van der Waals surface area contributed by atoms with Gasteiger partial charge < -0.3 is 8.98 Å². The summed E-state index contributed by atoms with van der Waals surface area (Å²) in [5, 5.41) is 1.24. The lowest BCUT2D eigenvalue weighted by atomic mass is 10.2. The molecule has 0 unspecified atom stereocenters. The van der Waals surface area contributed by atoms with E-state index in [9.17, 15) is 4.79 Å². The van der Waals surface area contributed by atoms with Crippen LogP contribution in [0.2, 0.25) is 5.02 Å². The van der Waals surface area contributed by atoms with Gasteiger partial charge in [0.1, 0.15) is 0 Å². The average molecular weight is 516 g/mol. The zero-order valence-electron chi connectivity index (χ0n) is 15.3. The summed E-state index contributed by atoms with van der Waals surface area (Å²) in [5.41, 5.74) is 1.84. The summed E-state index contributed by atoms with van der Waals surface area (Å²) in [7, 11) is 0. The van der Waals surface area contributed by atoms with E-state index in [0.717, 1.165) is 28.7 Å². The molecule has 0 spiro atoms. The number of fused-ring (bicyclic) bond motifs is 1. The van der Waals surface area contributed by atoms with Gasteiger partial charge in [-0.1, -0.05) is 29.0 Å². The van der Waals surface area contributed by atoms with Crippen molar-refractivity contribution in [3.63, 3.8) is 0 Å². The molecule has 4 rings (SSSR count). The quantitative estimate of drug-likeness (QED) is 0.317. The number of hydrogen-bond acceptors (Lipinski definition) is 5. The number of amides is 1. The molecule has 0 aliphatic rings. The molecule has 4 aromatic rings. The Balaban J connectivity index is 0.00000240. The predicted molar refractivity (Wildman–Crippen MR) is 122 cm³/mol. The number of nitrogens with zero attached hydrogens (tertiary/aromatic N) is 4. The largest absolute Gasteiger partial charge is 0.444 e. The van der Waals surface area contributed by atoms with Gasteiger partial charge >= 0.3 is 0 Å². The number of benzene rings is 1. The van der Waals surface area contributed by atoms with Crippen molar-refractivity contribution in [1.29, 1.82) is 0 Å². The third-order valence-corrected chi connectivity index (χ3v) is 6.27. The maximum atomic E-state index is 13.1. The highest BCUT2D eigenvalue weighted by Crippen LogP contribution is 2.36. The molecule has 3 aromatic heterocycles. The maximum Gasteiger partial charge on any atom is 0.295 e. The first-order chi connectivity index (χ1) is 13.5. The van der Waals surface area contributed by atoms with E-state index >= 15 is 0 Å². The van der Waals surface area contributed by atoms with E-state index in [1.54, 1.807) is 29.6 Å². The fraction of sp³-hybridized carbons (Fsp3) is 0.211. The summed E-state index contributed by atoms with van der Waals surface area (Å²) in [6.07, 6.45) is 6.14. The van der Waals surface area contributed by atoms with E-state index in [1.807, 2.05) is 29.8 Å². The van der Waals surface area contributed by atoms with Crippen LogP contribution in [0.5, 0.6) is 0 Å². The number of carbonyl (C=O) groups is 1. The van der Waals surface area contributed by atoms with Crippen molar-refractivity contribution >= 4 is 72.5 Å². The first kappa shape index (κ1) is 21.8. The van der Waals surface area contributed by atoms with Crippen LogP contribution >= 0.6 is 51.3 Å². The molecule has 0 radical (unpaired) electrons. The maximum absolute atomic E-state index is 13.1. The van der Waals surface area contributed by atoms with Crippen molar-refractivity contribution in [2.75, 3.05) is 11.4 Å². The molecule has 0 saturated heterocycles. The standard InChI is InChI=1S/C19H16BrClN4O2S.ClH/c1-12-3-4-13(21)17-16(12)23-19(28-17)25(9-2-8-24-10-7-22-11-24)18(26)14-5-6-15(20)27-14;/h3-7,10-11H,2,8-9H2,1H3;1H. The van der Waals surface area contributed by atoms with Crippen molar-refractivity contribution in [3.05, 3.63) is 64.0 Å². The van der Waals surface area contributed by atoms with Crippen LogP contribution in [0.3, 0.4) is 0 Å². The van der Waals surface area contributed by atoms with E-state index < -0.39 is 0 Å². The minimum atomic E-state index is -0.232. The minimum absolute atomic E-state index is 0. The molecule has 0 atom stereocenters. The van der Waals surface area contributed by atoms with Gasteiger partial charge in [0.2, 0.25) is 0 Å². The molecule has 0 aliphatic heterocycles. The van der Waals surface area contributed by atoms with Crippen LogP contribution in [0, 0.1) is 6.92 Å². The van der Waals surface area contributed by atoms with Gasteiger partial charge in [-0.15, -0.1) is 12.4 Å². The third kappa shape index (κ3) is 4.66. The highest BCUT2D eigenvalue weighted by atomic mass is 79.9. The number of carbonyl (C=O) groups excluding carboxylic acids is 1. The summed E-state index contributed by atoms with van der Waals surface area (Å²) in [6, 6.07) is 7.15. The number of halogens is 3. The fourth-order valence-corrected chi connectivity index (χ4v) is 4.53. The fourth-order valence-electron chi connectivity index (χ4n) is 2.88. The first-order valence-corrected chi connectivity index (χ1v) is 10.6. The normalized spacial score (nSPS) is 10.9. The molecule has 0 saturated carbocycles. The van der Waals surface area contributed by atoms with Gasteiger partial charge in [-0.05, 0) is 53.0 Å². The van der Waals surface area contributed by atoms with Crippen molar-refractivity contribution in [3.8, 4) is 0 Å². The van der Waals surface area contributed by atoms with E-state index in [1.165, 1.54) is 11.3 Å². The van der Waals surface area contributed by atoms with E-state index in [0.29, 0.717) is 21.4 Å². The van der Waals surface area contributed by atoms with Crippen molar-refractivity contribution in [2.24, 2.45) is 0 Å². The molecule has 6 nitrogen and oxygen atoms in total. The van der Waals surface area contributed by atoms with Crippen molar-refractivity contribution in [1.82, 2.24) is 14.5 Å². The predicted octanol–water partition coefficient (Wildman–Crippen LogP) is 5.97. The number of furan rings is 1. The summed E-state index contributed by atoms with van der Waals surface area (Å²) in [6.45, 7) is 3.22. The Morgan fingerprint density at radius 2 is 2.17 bits per heavy atom. The Morgan fingerprint density at radius 1 is 1.34 bits per heavy atom. The third-order valence-electron chi connectivity index (χ3n) is 4.30. The lowest BCUT2D eigenvalue weighted by molar-refractivity contribution is 0.0958. The van der Waals surface area contributed by atoms with Crippen molar-refractivity contribution in [2.45, 2.75) is 19.9 Å². The van der Waals surface area contributed by atoms with Gasteiger partial charge in [-0.2, -0.15) is 0 Å². The molecule has 0 bridgehead atoms. The van der Waals surface area contributed by atoms with E-state index in [-0.39, 0.29) is 24.1 Å². The smallest absolute Gasteiger partial charge is 0.295 e. The highest BCUT2D eigenvalue weighted by molar-refractivity contribution is 9.10. The van der Waals surface area contributed by atoms with Crippen molar-refractivity contribution < 1.29 is 9.21 Å². The Kier molecular flexibility index (Phi) is 7.00. The topological polar surface area (TPSA) is 64.2 Å². The number of thiazole rings is 1. The number of imidazole rings is 1. The molecule has 29 heavy (non-hydrogen) atoms. The van der Waals surface area contributed by atoms with Crippen LogP contribution < -0.4 is 4.90 Å². The van der Waals surface area contributed by atoms with Crippen LogP contribution in [-0.2, 0) is 6.54 Å². The van der Waals surface area contributed by atoms with Gasteiger partial charge in [0.25, 0.3) is 5.91 Å². The Bertz CT molecular complexity index is 1090. The number of rotatable bonds is 6. The SMILES string of the molecule is Cc1ccc(Cl)c2sc(N(CCCn3ccnc3)C(=O)c3ccc(Br)o3)nc12.Cl. The average Bonchev–Trinajstić information content (AvgIpc) is 3.42. The van der Waals surface area contributed by atoms with Crippen LogP contribution in [0.4, 0.5) is 5.13 Å². The minimum Gasteiger partial charge on any atom is -0.444 e. The zero-order chi connectivity index (χ0) is 19.7.